The Kier molecular flexibility index (Phi) is 30.0. The van der Waals surface area contributed by atoms with Crippen molar-refractivity contribution >= 4 is 0 Å². The first-order chi connectivity index (χ1) is 15.9. The lowest BCUT2D eigenvalue weighted by atomic mass is 10.0. The van der Waals surface area contributed by atoms with Crippen molar-refractivity contribution in [2.45, 2.75) is 181 Å². The van der Waals surface area contributed by atoms with Crippen molar-refractivity contribution < 1.29 is 0 Å². The van der Waals surface area contributed by atoms with Gasteiger partial charge in [-0.15, -0.1) is 0 Å². The molecule has 0 aliphatic rings. The summed E-state index contributed by atoms with van der Waals surface area (Å²) in [4.78, 5) is 0. The van der Waals surface area contributed by atoms with Crippen LogP contribution in [-0.2, 0) is 0 Å². The molecular formula is C32H62. The maximum absolute atomic E-state index is 2.43. The zero-order valence-corrected chi connectivity index (χ0v) is 22.7. The normalized spacial score (nSPS) is 11.9. The summed E-state index contributed by atoms with van der Waals surface area (Å²) in [5.41, 5.74) is 0. The van der Waals surface area contributed by atoms with Crippen LogP contribution in [0.2, 0.25) is 0 Å². The highest BCUT2D eigenvalue weighted by Crippen LogP contribution is 2.14. The minimum atomic E-state index is 1.30. The fourth-order valence-electron chi connectivity index (χ4n) is 4.50. The quantitative estimate of drug-likeness (QED) is 0.0868. The van der Waals surface area contributed by atoms with E-state index in [0.717, 1.165) is 0 Å². The van der Waals surface area contributed by atoms with Crippen molar-refractivity contribution in [3.63, 3.8) is 0 Å². The van der Waals surface area contributed by atoms with Crippen LogP contribution in [0.15, 0.2) is 24.3 Å². The van der Waals surface area contributed by atoms with E-state index in [9.17, 15) is 0 Å². The molecule has 0 saturated heterocycles. The highest BCUT2D eigenvalue weighted by molar-refractivity contribution is 4.81. The monoisotopic (exact) mass is 446 g/mol. The molecule has 0 amide bonds. The van der Waals surface area contributed by atoms with E-state index in [1.54, 1.807) is 0 Å². The van der Waals surface area contributed by atoms with Crippen LogP contribution in [0.25, 0.3) is 0 Å². The van der Waals surface area contributed by atoms with Gasteiger partial charge in [0.15, 0.2) is 0 Å². The first-order valence-electron chi connectivity index (χ1n) is 15.2. The Morgan fingerprint density at radius 1 is 0.250 bits per heavy atom. The van der Waals surface area contributed by atoms with Crippen LogP contribution in [0.3, 0.4) is 0 Å². The predicted molar refractivity (Wildman–Crippen MR) is 150 cm³/mol. The third-order valence-electron chi connectivity index (χ3n) is 6.77. The maximum atomic E-state index is 2.43. The molecule has 0 N–H and O–H groups in total. The average molecular weight is 447 g/mol. The molecule has 0 aliphatic carbocycles. The third kappa shape index (κ3) is 29.5. The summed E-state index contributed by atoms with van der Waals surface area (Å²) in [6, 6.07) is 0. The zero-order chi connectivity index (χ0) is 23.2. The number of allylic oxidation sites excluding steroid dienone is 4. The second-order valence-electron chi connectivity index (χ2n) is 10.2. The largest absolute Gasteiger partial charge is 0.0885 e. The molecule has 0 rings (SSSR count). The number of hydrogen-bond donors (Lipinski definition) is 0. The molecule has 0 bridgehead atoms. The Bertz CT molecular complexity index is 328. The Morgan fingerprint density at radius 3 is 0.656 bits per heavy atom. The molecule has 0 unspecified atom stereocenters. The van der Waals surface area contributed by atoms with Crippen molar-refractivity contribution in [1.29, 1.82) is 0 Å². The summed E-state index contributed by atoms with van der Waals surface area (Å²) < 4.78 is 0. The molecular weight excluding hydrogens is 384 g/mol. The lowest BCUT2D eigenvalue weighted by molar-refractivity contribution is 0.534. The molecule has 190 valence electrons. The highest BCUT2D eigenvalue weighted by Gasteiger charge is 1.94. The standard InChI is InChI=1S/C32H62/c1-3-5-7-9-11-13-15-17-19-21-23-25-27-29-31-32-30-28-26-24-22-20-18-16-14-12-10-8-6-4-2/h13-16H,3-12,17-32H2,1-2H3. The molecule has 0 spiro atoms. The van der Waals surface area contributed by atoms with E-state index >= 15 is 0 Å². The Balaban J connectivity index is 3.08. The van der Waals surface area contributed by atoms with Crippen molar-refractivity contribution in [3.05, 3.63) is 24.3 Å². The van der Waals surface area contributed by atoms with Gasteiger partial charge in [0, 0.05) is 0 Å². The van der Waals surface area contributed by atoms with Gasteiger partial charge < -0.3 is 0 Å². The minimum Gasteiger partial charge on any atom is -0.0885 e. The van der Waals surface area contributed by atoms with Gasteiger partial charge in [-0.05, 0) is 51.4 Å². The van der Waals surface area contributed by atoms with Crippen molar-refractivity contribution in [2.75, 3.05) is 0 Å². The van der Waals surface area contributed by atoms with Gasteiger partial charge >= 0.3 is 0 Å². The predicted octanol–water partition coefficient (Wildman–Crippen LogP) is 12.3. The number of hydrogen-bond acceptors (Lipinski definition) is 0. The summed E-state index contributed by atoms with van der Waals surface area (Å²) >= 11 is 0. The minimum absolute atomic E-state index is 1.30. The molecule has 0 fully saturated rings. The van der Waals surface area contributed by atoms with Crippen LogP contribution < -0.4 is 0 Å². The van der Waals surface area contributed by atoms with Crippen LogP contribution in [0.4, 0.5) is 0 Å². The molecule has 0 atom stereocenters. The Hall–Kier alpha value is -0.520. The number of rotatable bonds is 27. The van der Waals surface area contributed by atoms with Crippen LogP contribution >= 0.6 is 0 Å². The molecule has 0 radical (unpaired) electrons. The van der Waals surface area contributed by atoms with Crippen LogP contribution in [0.1, 0.15) is 181 Å². The third-order valence-corrected chi connectivity index (χ3v) is 6.77. The van der Waals surface area contributed by atoms with Gasteiger partial charge in [-0.25, -0.2) is 0 Å². The molecule has 0 aromatic heterocycles. The lowest BCUT2D eigenvalue weighted by Gasteiger charge is -2.03. The van der Waals surface area contributed by atoms with Gasteiger partial charge in [0.1, 0.15) is 0 Å². The molecule has 0 aliphatic heterocycles. The number of unbranched alkanes of at least 4 members (excludes halogenated alkanes) is 23. The Labute approximate surface area is 205 Å². The summed E-state index contributed by atoms with van der Waals surface area (Å²) in [5.74, 6) is 0. The van der Waals surface area contributed by atoms with E-state index in [-0.39, 0.29) is 0 Å². The van der Waals surface area contributed by atoms with Gasteiger partial charge in [-0.1, -0.05) is 154 Å². The fourth-order valence-corrected chi connectivity index (χ4v) is 4.50. The first-order valence-corrected chi connectivity index (χ1v) is 15.2. The van der Waals surface area contributed by atoms with E-state index < -0.39 is 0 Å². The smallest absolute Gasteiger partial charge is 0.0351 e. The van der Waals surface area contributed by atoms with E-state index in [0.29, 0.717) is 0 Å². The molecule has 0 aromatic carbocycles. The van der Waals surface area contributed by atoms with E-state index in [2.05, 4.69) is 38.2 Å². The van der Waals surface area contributed by atoms with Crippen molar-refractivity contribution in [3.8, 4) is 0 Å². The van der Waals surface area contributed by atoms with Gasteiger partial charge in [-0.3, -0.25) is 0 Å². The van der Waals surface area contributed by atoms with Crippen LogP contribution in [0, 0.1) is 0 Å². The average Bonchev–Trinajstić information content (AvgIpc) is 2.81. The topological polar surface area (TPSA) is 0 Å². The fraction of sp³-hybridized carbons (Fsp3) is 0.875. The molecule has 0 aromatic rings. The van der Waals surface area contributed by atoms with Crippen LogP contribution in [0.5, 0.6) is 0 Å². The summed E-state index contributed by atoms with van der Waals surface area (Å²) in [6.07, 6.45) is 46.4. The van der Waals surface area contributed by atoms with Crippen molar-refractivity contribution in [2.24, 2.45) is 0 Å². The van der Waals surface area contributed by atoms with Gasteiger partial charge in [-0.2, -0.15) is 0 Å². The SMILES string of the molecule is CCCCCCC=CCCCCCCCCCCCCCCCCC=CCCCCCC. The maximum Gasteiger partial charge on any atom is -0.0351 e. The summed E-state index contributed by atoms with van der Waals surface area (Å²) in [7, 11) is 0. The summed E-state index contributed by atoms with van der Waals surface area (Å²) in [5, 5.41) is 0. The van der Waals surface area contributed by atoms with E-state index in [1.807, 2.05) is 0 Å². The second-order valence-corrected chi connectivity index (χ2v) is 10.2. The molecule has 32 heavy (non-hydrogen) atoms. The lowest BCUT2D eigenvalue weighted by Crippen LogP contribution is -1.83. The molecule has 0 heteroatoms. The first kappa shape index (κ1) is 31.5. The highest BCUT2D eigenvalue weighted by atomic mass is 14.0. The molecule has 0 saturated carbocycles. The Morgan fingerprint density at radius 2 is 0.438 bits per heavy atom. The van der Waals surface area contributed by atoms with E-state index in [1.165, 1.54) is 167 Å². The van der Waals surface area contributed by atoms with Crippen molar-refractivity contribution in [1.82, 2.24) is 0 Å². The van der Waals surface area contributed by atoms with Gasteiger partial charge in [0.2, 0.25) is 0 Å². The zero-order valence-electron chi connectivity index (χ0n) is 22.7. The van der Waals surface area contributed by atoms with E-state index in [4.69, 9.17) is 0 Å². The second kappa shape index (κ2) is 30.5. The summed E-state index contributed by atoms with van der Waals surface area (Å²) in [6.45, 7) is 4.57. The van der Waals surface area contributed by atoms with Crippen LogP contribution in [-0.4, -0.2) is 0 Å². The molecule has 0 nitrogen and oxygen atoms in total. The van der Waals surface area contributed by atoms with Gasteiger partial charge in [0.05, 0.1) is 0 Å². The van der Waals surface area contributed by atoms with Gasteiger partial charge in [0.25, 0.3) is 0 Å². The molecule has 0 heterocycles.